The van der Waals surface area contributed by atoms with E-state index in [0.717, 1.165) is 25.2 Å². The lowest BCUT2D eigenvalue weighted by Gasteiger charge is -2.31. The van der Waals surface area contributed by atoms with Crippen molar-refractivity contribution in [1.82, 2.24) is 4.90 Å². The van der Waals surface area contributed by atoms with Crippen LogP contribution in [0.25, 0.3) is 0 Å². The molecule has 0 unspecified atom stereocenters. The minimum absolute atomic E-state index is 0.0995. The van der Waals surface area contributed by atoms with Crippen molar-refractivity contribution in [3.63, 3.8) is 0 Å². The molecule has 1 amide bonds. The van der Waals surface area contributed by atoms with Crippen LogP contribution >= 0.6 is 23.2 Å². The topological polar surface area (TPSA) is 84.7 Å². The van der Waals surface area contributed by atoms with Crippen molar-refractivity contribution in [3.8, 4) is 5.75 Å². The van der Waals surface area contributed by atoms with E-state index >= 15 is 0 Å². The van der Waals surface area contributed by atoms with E-state index < -0.39 is 4.92 Å². The Labute approximate surface area is 178 Å². The number of anilines is 1. The van der Waals surface area contributed by atoms with Crippen LogP contribution in [0.2, 0.25) is 10.0 Å². The van der Waals surface area contributed by atoms with E-state index in [0.29, 0.717) is 34.3 Å². The number of rotatable bonds is 6. The molecular formula is C20H21Cl2N3O4. The molecular weight excluding hydrogens is 417 g/mol. The number of likely N-dealkylation sites (tertiary alicyclic amines) is 1. The minimum Gasteiger partial charge on any atom is -0.495 e. The van der Waals surface area contributed by atoms with Gasteiger partial charge in [0, 0.05) is 24.6 Å². The van der Waals surface area contributed by atoms with Crippen molar-refractivity contribution in [1.29, 1.82) is 0 Å². The molecule has 2 aromatic carbocycles. The Balaban J connectivity index is 1.58. The standard InChI is InChI=1S/C20H21Cl2N3O4/c1-29-19-5-3-15(25(27)28)11-18(19)23-20(26)14-6-8-24(9-7-14)12-13-2-4-16(21)17(22)10-13/h2-5,10-11,14H,6-9,12H2,1H3,(H,23,26). The third-order valence-corrected chi connectivity index (χ3v) is 5.74. The van der Waals surface area contributed by atoms with E-state index in [4.69, 9.17) is 27.9 Å². The van der Waals surface area contributed by atoms with Crippen LogP contribution in [-0.2, 0) is 11.3 Å². The molecule has 1 aliphatic heterocycles. The molecule has 0 bridgehead atoms. The maximum absolute atomic E-state index is 12.7. The number of nitro benzene ring substituents is 1. The fraction of sp³-hybridized carbons (Fsp3) is 0.350. The summed E-state index contributed by atoms with van der Waals surface area (Å²) in [6, 6.07) is 9.73. The summed E-state index contributed by atoms with van der Waals surface area (Å²) in [7, 11) is 1.46. The molecule has 0 atom stereocenters. The number of ether oxygens (including phenoxy) is 1. The summed E-state index contributed by atoms with van der Waals surface area (Å²) in [6.07, 6.45) is 1.40. The van der Waals surface area contributed by atoms with Crippen molar-refractivity contribution in [3.05, 3.63) is 62.1 Å². The molecule has 9 heteroatoms. The van der Waals surface area contributed by atoms with Gasteiger partial charge in [-0.25, -0.2) is 0 Å². The van der Waals surface area contributed by atoms with Crippen LogP contribution in [0.3, 0.4) is 0 Å². The van der Waals surface area contributed by atoms with E-state index in [1.807, 2.05) is 12.1 Å². The number of non-ortho nitro benzene ring substituents is 1. The number of hydrogen-bond acceptors (Lipinski definition) is 5. The first-order chi connectivity index (χ1) is 13.9. The summed E-state index contributed by atoms with van der Waals surface area (Å²) in [5.74, 6) is 0.0722. The fourth-order valence-electron chi connectivity index (χ4n) is 3.39. The summed E-state index contributed by atoms with van der Waals surface area (Å²) in [6.45, 7) is 2.28. The lowest BCUT2D eigenvalue weighted by Crippen LogP contribution is -2.37. The molecule has 3 rings (SSSR count). The zero-order valence-corrected chi connectivity index (χ0v) is 17.4. The number of halogens is 2. The van der Waals surface area contributed by atoms with Gasteiger partial charge in [0.05, 0.1) is 27.8 Å². The summed E-state index contributed by atoms with van der Waals surface area (Å²) in [5.41, 5.74) is 1.28. The van der Waals surface area contributed by atoms with Gasteiger partial charge >= 0.3 is 0 Å². The largest absolute Gasteiger partial charge is 0.495 e. The molecule has 29 heavy (non-hydrogen) atoms. The van der Waals surface area contributed by atoms with Crippen molar-refractivity contribution in [2.75, 3.05) is 25.5 Å². The van der Waals surface area contributed by atoms with Crippen molar-refractivity contribution >= 4 is 40.5 Å². The smallest absolute Gasteiger partial charge is 0.271 e. The highest BCUT2D eigenvalue weighted by molar-refractivity contribution is 6.42. The van der Waals surface area contributed by atoms with E-state index in [1.165, 1.54) is 25.3 Å². The van der Waals surface area contributed by atoms with Gasteiger partial charge in [-0.3, -0.25) is 19.8 Å². The van der Waals surface area contributed by atoms with E-state index in [-0.39, 0.29) is 17.5 Å². The van der Waals surface area contributed by atoms with Crippen LogP contribution in [0.5, 0.6) is 5.75 Å². The van der Waals surface area contributed by atoms with Gasteiger partial charge in [-0.1, -0.05) is 29.3 Å². The molecule has 154 valence electrons. The van der Waals surface area contributed by atoms with E-state index in [2.05, 4.69) is 10.2 Å². The Morgan fingerprint density at radius 1 is 1.21 bits per heavy atom. The molecule has 7 nitrogen and oxygen atoms in total. The minimum atomic E-state index is -0.503. The first-order valence-corrected chi connectivity index (χ1v) is 9.92. The molecule has 1 saturated heterocycles. The van der Waals surface area contributed by atoms with Crippen molar-refractivity contribution in [2.45, 2.75) is 19.4 Å². The highest BCUT2D eigenvalue weighted by atomic mass is 35.5. The van der Waals surface area contributed by atoms with Crippen LogP contribution in [-0.4, -0.2) is 35.9 Å². The van der Waals surface area contributed by atoms with E-state index in [1.54, 1.807) is 6.07 Å². The maximum Gasteiger partial charge on any atom is 0.271 e. The molecule has 0 aromatic heterocycles. The van der Waals surface area contributed by atoms with Gasteiger partial charge in [-0.2, -0.15) is 0 Å². The molecule has 1 heterocycles. The number of nitrogens with zero attached hydrogens (tertiary/aromatic N) is 2. The zero-order chi connectivity index (χ0) is 21.0. The van der Waals surface area contributed by atoms with Gasteiger partial charge in [0.1, 0.15) is 5.75 Å². The normalized spacial score (nSPS) is 15.1. The molecule has 1 aliphatic rings. The Hall–Kier alpha value is -2.35. The first-order valence-electron chi connectivity index (χ1n) is 9.17. The predicted octanol–water partition coefficient (Wildman–Crippen LogP) is 4.76. The molecule has 1 N–H and O–H groups in total. The quantitative estimate of drug-likeness (QED) is 0.519. The van der Waals surface area contributed by atoms with Crippen molar-refractivity contribution < 1.29 is 14.5 Å². The molecule has 1 fully saturated rings. The second-order valence-corrected chi connectivity index (χ2v) is 7.74. The van der Waals surface area contributed by atoms with Gasteiger partial charge < -0.3 is 10.1 Å². The highest BCUT2D eigenvalue weighted by Gasteiger charge is 2.26. The third kappa shape index (κ3) is 5.38. The summed E-state index contributed by atoms with van der Waals surface area (Å²) in [4.78, 5) is 25.4. The van der Waals surface area contributed by atoms with Gasteiger partial charge in [-0.15, -0.1) is 0 Å². The number of nitrogens with one attached hydrogen (secondary N) is 1. The fourth-order valence-corrected chi connectivity index (χ4v) is 3.71. The third-order valence-electron chi connectivity index (χ3n) is 5.00. The maximum atomic E-state index is 12.7. The van der Waals surface area contributed by atoms with Crippen LogP contribution in [0, 0.1) is 16.0 Å². The molecule has 0 saturated carbocycles. The Kier molecular flexibility index (Phi) is 6.95. The average molecular weight is 438 g/mol. The predicted molar refractivity (Wildman–Crippen MR) is 113 cm³/mol. The second-order valence-electron chi connectivity index (χ2n) is 6.93. The Bertz CT molecular complexity index is 915. The lowest BCUT2D eigenvalue weighted by molar-refractivity contribution is -0.384. The number of methoxy groups -OCH3 is 1. The monoisotopic (exact) mass is 437 g/mol. The van der Waals surface area contributed by atoms with E-state index in [9.17, 15) is 14.9 Å². The number of piperidine rings is 1. The first kappa shape index (κ1) is 21.4. The number of hydrogen-bond donors (Lipinski definition) is 1. The van der Waals surface area contributed by atoms with Crippen LogP contribution in [0.15, 0.2) is 36.4 Å². The molecule has 0 aliphatic carbocycles. The Morgan fingerprint density at radius 2 is 1.93 bits per heavy atom. The van der Waals surface area contributed by atoms with Gasteiger partial charge in [0.2, 0.25) is 5.91 Å². The van der Waals surface area contributed by atoms with Gasteiger partial charge in [-0.05, 0) is 49.7 Å². The van der Waals surface area contributed by atoms with Crippen molar-refractivity contribution in [2.24, 2.45) is 5.92 Å². The second kappa shape index (κ2) is 9.43. The van der Waals surface area contributed by atoms with Crippen LogP contribution < -0.4 is 10.1 Å². The number of nitro groups is 1. The number of amides is 1. The number of carbonyl (C=O) groups excluding carboxylic acids is 1. The van der Waals surface area contributed by atoms with Gasteiger partial charge in [0.15, 0.2) is 0 Å². The van der Waals surface area contributed by atoms with Crippen LogP contribution in [0.1, 0.15) is 18.4 Å². The SMILES string of the molecule is COc1ccc([N+](=O)[O-])cc1NC(=O)C1CCN(Cc2ccc(Cl)c(Cl)c2)CC1. The summed E-state index contributed by atoms with van der Waals surface area (Å²) < 4.78 is 5.20. The number of carbonyl (C=O) groups is 1. The lowest BCUT2D eigenvalue weighted by atomic mass is 9.95. The van der Waals surface area contributed by atoms with Gasteiger partial charge in [0.25, 0.3) is 5.69 Å². The highest BCUT2D eigenvalue weighted by Crippen LogP contribution is 2.30. The molecule has 2 aromatic rings. The zero-order valence-electron chi connectivity index (χ0n) is 15.9. The number of benzene rings is 2. The Morgan fingerprint density at radius 3 is 2.55 bits per heavy atom. The summed E-state index contributed by atoms with van der Waals surface area (Å²) >= 11 is 12.0. The van der Waals surface area contributed by atoms with Crippen LogP contribution in [0.4, 0.5) is 11.4 Å². The molecule has 0 spiro atoms. The molecule has 0 radical (unpaired) electrons. The average Bonchev–Trinajstić information content (AvgIpc) is 2.71. The summed E-state index contributed by atoms with van der Waals surface area (Å²) in [5, 5.41) is 14.8.